The van der Waals surface area contributed by atoms with Gasteiger partial charge in [0.2, 0.25) is 0 Å². The normalized spacial score (nSPS) is 45.8. The highest BCUT2D eigenvalue weighted by molar-refractivity contribution is 5.12. The quantitative estimate of drug-likeness (QED) is 0.637. The van der Waals surface area contributed by atoms with Crippen LogP contribution in [0.15, 0.2) is 11.6 Å². The first-order valence-corrected chi connectivity index (χ1v) is 6.81. The van der Waals surface area contributed by atoms with Crippen LogP contribution in [0.1, 0.15) is 53.4 Å². The van der Waals surface area contributed by atoms with Gasteiger partial charge in [-0.3, -0.25) is 0 Å². The third-order valence-electron chi connectivity index (χ3n) is 4.95. The SMILES string of the molecule is CC1=CCCC(C)(O)C2CC2C(C)(C)CC1O. The molecule has 4 unspecified atom stereocenters. The lowest BCUT2D eigenvalue weighted by Gasteiger charge is -2.33. The monoisotopic (exact) mass is 238 g/mol. The van der Waals surface area contributed by atoms with E-state index in [1.165, 1.54) is 0 Å². The second kappa shape index (κ2) is 4.10. The van der Waals surface area contributed by atoms with Crippen molar-refractivity contribution < 1.29 is 10.2 Å². The maximum absolute atomic E-state index is 10.5. The van der Waals surface area contributed by atoms with E-state index in [1.54, 1.807) is 0 Å². The van der Waals surface area contributed by atoms with Gasteiger partial charge in [0.15, 0.2) is 0 Å². The van der Waals surface area contributed by atoms with Gasteiger partial charge in [0.25, 0.3) is 0 Å². The fourth-order valence-electron chi connectivity index (χ4n) is 3.47. The first kappa shape index (κ1) is 13.1. The smallest absolute Gasteiger partial charge is 0.0752 e. The van der Waals surface area contributed by atoms with Gasteiger partial charge in [0, 0.05) is 0 Å². The van der Waals surface area contributed by atoms with Crippen molar-refractivity contribution in [1.29, 1.82) is 0 Å². The van der Waals surface area contributed by atoms with Gasteiger partial charge >= 0.3 is 0 Å². The fourth-order valence-corrected chi connectivity index (χ4v) is 3.47. The summed E-state index contributed by atoms with van der Waals surface area (Å²) in [4.78, 5) is 0. The lowest BCUT2D eigenvalue weighted by atomic mass is 9.76. The number of hydrogen-bond acceptors (Lipinski definition) is 2. The molecule has 2 aliphatic rings. The number of rotatable bonds is 0. The van der Waals surface area contributed by atoms with Crippen molar-refractivity contribution in [3.63, 3.8) is 0 Å². The highest BCUT2D eigenvalue weighted by Gasteiger charge is 2.55. The van der Waals surface area contributed by atoms with E-state index in [0.717, 1.165) is 31.3 Å². The van der Waals surface area contributed by atoms with Gasteiger partial charge in [-0.2, -0.15) is 0 Å². The lowest BCUT2D eigenvalue weighted by Crippen LogP contribution is -2.32. The number of aliphatic hydroxyl groups excluding tert-OH is 1. The second-order valence-corrected chi connectivity index (χ2v) is 7.00. The number of hydrogen-bond donors (Lipinski definition) is 2. The summed E-state index contributed by atoms with van der Waals surface area (Å²) in [5.41, 5.74) is 0.662. The first-order chi connectivity index (χ1) is 7.74. The Morgan fingerprint density at radius 2 is 1.88 bits per heavy atom. The molecule has 2 rings (SSSR count). The average Bonchev–Trinajstić information content (AvgIpc) is 2.95. The van der Waals surface area contributed by atoms with Gasteiger partial charge in [-0.15, -0.1) is 0 Å². The Balaban J connectivity index is 2.22. The van der Waals surface area contributed by atoms with E-state index in [1.807, 2.05) is 13.8 Å². The molecular formula is C15H26O2. The third kappa shape index (κ3) is 2.58. The molecule has 1 fully saturated rings. The average molecular weight is 238 g/mol. The summed E-state index contributed by atoms with van der Waals surface area (Å²) < 4.78 is 0. The van der Waals surface area contributed by atoms with Gasteiger partial charge in [0.05, 0.1) is 11.7 Å². The number of aliphatic hydroxyl groups is 2. The van der Waals surface area contributed by atoms with Gasteiger partial charge in [-0.25, -0.2) is 0 Å². The fraction of sp³-hybridized carbons (Fsp3) is 0.867. The van der Waals surface area contributed by atoms with Crippen molar-refractivity contribution in [2.45, 2.75) is 65.1 Å². The van der Waals surface area contributed by atoms with Crippen LogP contribution in [0.3, 0.4) is 0 Å². The maximum Gasteiger partial charge on any atom is 0.0752 e. The molecule has 0 heterocycles. The molecule has 4 atom stereocenters. The number of allylic oxidation sites excluding steroid dienone is 1. The Labute approximate surface area is 105 Å². The van der Waals surface area contributed by atoms with Gasteiger partial charge in [-0.05, 0) is 62.4 Å². The van der Waals surface area contributed by atoms with Crippen molar-refractivity contribution in [3.8, 4) is 0 Å². The third-order valence-corrected chi connectivity index (χ3v) is 4.95. The van der Waals surface area contributed by atoms with Gasteiger partial charge in [-0.1, -0.05) is 19.9 Å². The minimum Gasteiger partial charge on any atom is -0.390 e. The maximum atomic E-state index is 10.5. The first-order valence-electron chi connectivity index (χ1n) is 6.81. The lowest BCUT2D eigenvalue weighted by molar-refractivity contribution is 0.0101. The van der Waals surface area contributed by atoms with Crippen LogP contribution in [0.25, 0.3) is 0 Å². The summed E-state index contributed by atoms with van der Waals surface area (Å²) >= 11 is 0. The van der Waals surface area contributed by atoms with Crippen LogP contribution in [-0.4, -0.2) is 21.9 Å². The molecule has 0 aromatic heterocycles. The molecule has 2 nitrogen and oxygen atoms in total. The molecule has 1 saturated carbocycles. The van der Waals surface area contributed by atoms with Crippen LogP contribution >= 0.6 is 0 Å². The Bertz CT molecular complexity index is 328. The Morgan fingerprint density at radius 1 is 1.24 bits per heavy atom. The van der Waals surface area contributed by atoms with E-state index in [-0.39, 0.29) is 11.5 Å². The zero-order chi connectivity index (χ0) is 12.8. The minimum absolute atomic E-state index is 0.126. The topological polar surface area (TPSA) is 40.5 Å². The molecule has 0 saturated heterocycles. The summed E-state index contributed by atoms with van der Waals surface area (Å²) in [6, 6.07) is 0. The number of fused-ring (bicyclic) bond motifs is 1. The Morgan fingerprint density at radius 3 is 2.53 bits per heavy atom. The molecule has 0 aromatic carbocycles. The molecule has 0 aromatic rings. The molecule has 0 radical (unpaired) electrons. The molecule has 98 valence electrons. The molecule has 2 N–H and O–H groups in total. The van der Waals surface area contributed by atoms with Crippen molar-refractivity contribution in [1.82, 2.24) is 0 Å². The predicted molar refractivity (Wildman–Crippen MR) is 69.6 cm³/mol. The largest absolute Gasteiger partial charge is 0.390 e. The molecule has 2 aliphatic carbocycles. The van der Waals surface area contributed by atoms with Gasteiger partial charge in [0.1, 0.15) is 0 Å². The molecule has 0 bridgehead atoms. The van der Waals surface area contributed by atoms with Crippen LogP contribution in [0.4, 0.5) is 0 Å². The standard InChI is InChI=1S/C15H26O2/c1-10-6-5-7-15(4,17)12-8-11(12)14(2,3)9-13(10)16/h6,11-13,16-17H,5,7-9H2,1-4H3. The van der Waals surface area contributed by atoms with Crippen LogP contribution in [0.2, 0.25) is 0 Å². The molecule has 0 amide bonds. The van der Waals surface area contributed by atoms with Crippen molar-refractivity contribution in [3.05, 3.63) is 11.6 Å². The van der Waals surface area contributed by atoms with E-state index in [9.17, 15) is 10.2 Å². The van der Waals surface area contributed by atoms with Crippen molar-refractivity contribution in [2.24, 2.45) is 17.3 Å². The highest BCUT2D eigenvalue weighted by atomic mass is 16.3. The summed E-state index contributed by atoms with van der Waals surface area (Å²) in [5, 5.41) is 20.7. The summed E-state index contributed by atoms with van der Waals surface area (Å²) in [6.07, 6.45) is 5.40. The van der Waals surface area contributed by atoms with Crippen LogP contribution in [0.5, 0.6) is 0 Å². The zero-order valence-electron chi connectivity index (χ0n) is 11.5. The molecule has 0 spiro atoms. The van der Waals surface area contributed by atoms with E-state index in [2.05, 4.69) is 19.9 Å². The second-order valence-electron chi connectivity index (χ2n) is 7.00. The summed E-state index contributed by atoms with van der Waals surface area (Å²) in [6.45, 7) is 8.44. The van der Waals surface area contributed by atoms with E-state index < -0.39 is 5.60 Å². The molecule has 2 heteroatoms. The van der Waals surface area contributed by atoms with Crippen molar-refractivity contribution in [2.75, 3.05) is 0 Å². The zero-order valence-corrected chi connectivity index (χ0v) is 11.5. The molecule has 0 aliphatic heterocycles. The summed E-state index contributed by atoms with van der Waals surface area (Å²) in [5.74, 6) is 0.995. The molecule has 17 heavy (non-hydrogen) atoms. The van der Waals surface area contributed by atoms with E-state index in [0.29, 0.717) is 11.8 Å². The van der Waals surface area contributed by atoms with Crippen LogP contribution < -0.4 is 0 Å². The van der Waals surface area contributed by atoms with Gasteiger partial charge < -0.3 is 10.2 Å². The summed E-state index contributed by atoms with van der Waals surface area (Å²) in [7, 11) is 0. The predicted octanol–water partition coefficient (Wildman–Crippen LogP) is 2.89. The molecular weight excluding hydrogens is 212 g/mol. The minimum atomic E-state index is -0.527. The van der Waals surface area contributed by atoms with Crippen LogP contribution in [0, 0.1) is 17.3 Å². The van der Waals surface area contributed by atoms with E-state index in [4.69, 9.17) is 0 Å². The highest BCUT2D eigenvalue weighted by Crippen LogP contribution is 2.58. The van der Waals surface area contributed by atoms with Crippen LogP contribution in [-0.2, 0) is 0 Å². The Hall–Kier alpha value is -0.340. The Kier molecular flexibility index (Phi) is 3.16. The van der Waals surface area contributed by atoms with Crippen molar-refractivity contribution >= 4 is 0 Å². The van der Waals surface area contributed by atoms with E-state index >= 15 is 0 Å².